The summed E-state index contributed by atoms with van der Waals surface area (Å²) in [5.41, 5.74) is 2.28. The van der Waals surface area contributed by atoms with Crippen molar-refractivity contribution in [1.82, 2.24) is 4.90 Å². The molecule has 1 amide bonds. The number of hydrogen-bond acceptors (Lipinski definition) is 2. The third kappa shape index (κ3) is 3.38. The zero-order valence-electron chi connectivity index (χ0n) is 12.0. The van der Waals surface area contributed by atoms with Gasteiger partial charge in [0.1, 0.15) is 0 Å². The van der Waals surface area contributed by atoms with E-state index >= 15 is 0 Å². The molecular weight excluding hydrogens is 254 g/mol. The van der Waals surface area contributed by atoms with Crippen LogP contribution in [0.2, 0.25) is 0 Å². The van der Waals surface area contributed by atoms with Gasteiger partial charge in [0, 0.05) is 19.5 Å². The SMILES string of the molecule is Cc1cccc(CN(C)C(=O)[C@@H]2CC[C@H](C(=O)O)C2)c1. The lowest BCUT2D eigenvalue weighted by atomic mass is 10.0. The van der Waals surface area contributed by atoms with E-state index in [0.717, 1.165) is 5.56 Å². The van der Waals surface area contributed by atoms with Crippen LogP contribution in [0.25, 0.3) is 0 Å². The minimum absolute atomic E-state index is 0.0651. The monoisotopic (exact) mass is 275 g/mol. The van der Waals surface area contributed by atoms with Crippen LogP contribution in [-0.2, 0) is 16.1 Å². The number of carboxylic acids is 1. The second kappa shape index (κ2) is 6.07. The van der Waals surface area contributed by atoms with E-state index in [9.17, 15) is 9.59 Å². The summed E-state index contributed by atoms with van der Waals surface area (Å²) in [7, 11) is 1.79. The van der Waals surface area contributed by atoms with E-state index < -0.39 is 5.97 Å². The van der Waals surface area contributed by atoms with Crippen LogP contribution in [0, 0.1) is 18.8 Å². The number of aliphatic carboxylic acids is 1. The molecule has 0 aromatic heterocycles. The summed E-state index contributed by atoms with van der Waals surface area (Å²) in [6.07, 6.45) is 1.78. The Bertz CT molecular complexity index is 512. The van der Waals surface area contributed by atoms with E-state index in [1.54, 1.807) is 11.9 Å². The molecule has 4 nitrogen and oxygen atoms in total. The fourth-order valence-electron chi connectivity index (χ4n) is 2.90. The summed E-state index contributed by atoms with van der Waals surface area (Å²) in [4.78, 5) is 25.0. The zero-order valence-corrected chi connectivity index (χ0v) is 12.0. The number of carbonyl (C=O) groups is 2. The molecule has 0 heterocycles. The first kappa shape index (κ1) is 14.6. The summed E-state index contributed by atoms with van der Waals surface area (Å²) >= 11 is 0. The predicted molar refractivity (Wildman–Crippen MR) is 76.1 cm³/mol. The van der Waals surface area contributed by atoms with Crippen molar-refractivity contribution in [3.8, 4) is 0 Å². The lowest BCUT2D eigenvalue weighted by Crippen LogP contribution is -2.31. The molecule has 1 saturated carbocycles. The maximum Gasteiger partial charge on any atom is 0.306 e. The highest BCUT2D eigenvalue weighted by molar-refractivity contribution is 5.80. The van der Waals surface area contributed by atoms with Crippen LogP contribution in [0.15, 0.2) is 24.3 Å². The van der Waals surface area contributed by atoms with Crippen LogP contribution in [-0.4, -0.2) is 28.9 Å². The van der Waals surface area contributed by atoms with Gasteiger partial charge in [-0.1, -0.05) is 29.8 Å². The van der Waals surface area contributed by atoms with Gasteiger partial charge in [0.2, 0.25) is 5.91 Å². The zero-order chi connectivity index (χ0) is 14.7. The van der Waals surface area contributed by atoms with Crippen molar-refractivity contribution in [3.05, 3.63) is 35.4 Å². The smallest absolute Gasteiger partial charge is 0.306 e. The topological polar surface area (TPSA) is 57.6 Å². The molecule has 108 valence electrons. The van der Waals surface area contributed by atoms with Crippen molar-refractivity contribution in [3.63, 3.8) is 0 Å². The van der Waals surface area contributed by atoms with E-state index in [1.165, 1.54) is 5.56 Å². The second-order valence-electron chi connectivity index (χ2n) is 5.73. The third-order valence-corrected chi connectivity index (χ3v) is 4.01. The molecule has 0 spiro atoms. The fraction of sp³-hybridized carbons (Fsp3) is 0.500. The average Bonchev–Trinajstić information content (AvgIpc) is 2.87. The van der Waals surface area contributed by atoms with Crippen LogP contribution in [0.1, 0.15) is 30.4 Å². The fourth-order valence-corrected chi connectivity index (χ4v) is 2.90. The van der Waals surface area contributed by atoms with Gasteiger partial charge in [0.05, 0.1) is 5.92 Å². The Balaban J connectivity index is 1.94. The Hall–Kier alpha value is -1.84. The average molecular weight is 275 g/mol. The number of aryl methyl sites for hydroxylation is 1. The van der Waals surface area contributed by atoms with Gasteiger partial charge in [-0.05, 0) is 31.7 Å². The van der Waals surface area contributed by atoms with Crippen molar-refractivity contribution < 1.29 is 14.7 Å². The van der Waals surface area contributed by atoms with E-state index in [1.807, 2.05) is 25.1 Å². The molecule has 1 N–H and O–H groups in total. The Morgan fingerprint density at radius 3 is 2.60 bits per heavy atom. The molecule has 0 unspecified atom stereocenters. The Labute approximate surface area is 119 Å². The van der Waals surface area contributed by atoms with Crippen molar-refractivity contribution in [1.29, 1.82) is 0 Å². The van der Waals surface area contributed by atoms with Crippen LogP contribution >= 0.6 is 0 Å². The maximum atomic E-state index is 12.3. The molecule has 1 aromatic rings. The normalized spacial score (nSPS) is 21.7. The minimum Gasteiger partial charge on any atom is -0.481 e. The first-order chi connectivity index (χ1) is 9.47. The predicted octanol–water partition coefficient (Wildman–Crippen LogP) is 2.45. The van der Waals surface area contributed by atoms with E-state index in [4.69, 9.17) is 5.11 Å². The molecule has 1 aliphatic carbocycles. The summed E-state index contributed by atoms with van der Waals surface area (Å²) in [5.74, 6) is -1.20. The summed E-state index contributed by atoms with van der Waals surface area (Å²) in [5, 5.41) is 8.99. The van der Waals surface area contributed by atoms with Gasteiger partial charge in [-0.25, -0.2) is 0 Å². The van der Waals surface area contributed by atoms with Gasteiger partial charge < -0.3 is 10.0 Å². The highest BCUT2D eigenvalue weighted by Crippen LogP contribution is 2.32. The number of nitrogens with zero attached hydrogens (tertiary/aromatic N) is 1. The summed E-state index contributed by atoms with van der Waals surface area (Å²) in [6.45, 7) is 2.61. The first-order valence-electron chi connectivity index (χ1n) is 7.00. The molecule has 4 heteroatoms. The minimum atomic E-state index is -0.776. The van der Waals surface area contributed by atoms with Gasteiger partial charge in [0.25, 0.3) is 0 Å². The molecule has 1 fully saturated rings. The first-order valence-corrected chi connectivity index (χ1v) is 7.00. The molecule has 0 radical (unpaired) electrons. The second-order valence-corrected chi connectivity index (χ2v) is 5.73. The molecular formula is C16H21NO3. The standard InChI is InChI=1S/C16H21NO3/c1-11-4-3-5-12(8-11)10-17(2)15(18)13-6-7-14(9-13)16(19)20/h3-5,8,13-14H,6-7,9-10H2,1-2H3,(H,19,20)/t13-,14+/m1/s1. The number of carbonyl (C=O) groups excluding carboxylic acids is 1. The van der Waals surface area contributed by atoms with Gasteiger partial charge in [-0.15, -0.1) is 0 Å². The van der Waals surface area contributed by atoms with Crippen molar-refractivity contribution >= 4 is 11.9 Å². The van der Waals surface area contributed by atoms with Crippen molar-refractivity contribution in [2.45, 2.75) is 32.7 Å². The van der Waals surface area contributed by atoms with Crippen LogP contribution in [0.4, 0.5) is 0 Å². The van der Waals surface area contributed by atoms with E-state index in [-0.39, 0.29) is 17.7 Å². The number of rotatable bonds is 4. The summed E-state index contributed by atoms with van der Waals surface area (Å²) in [6, 6.07) is 8.09. The molecule has 20 heavy (non-hydrogen) atoms. The van der Waals surface area contributed by atoms with Crippen molar-refractivity contribution in [2.24, 2.45) is 11.8 Å². The molecule has 0 saturated heterocycles. The summed E-state index contributed by atoms with van der Waals surface area (Å²) < 4.78 is 0. The molecule has 1 aromatic carbocycles. The highest BCUT2D eigenvalue weighted by atomic mass is 16.4. The lowest BCUT2D eigenvalue weighted by Gasteiger charge is -2.21. The van der Waals surface area contributed by atoms with Gasteiger partial charge in [-0.2, -0.15) is 0 Å². The number of carboxylic acid groups (broad SMARTS) is 1. The number of hydrogen-bond donors (Lipinski definition) is 1. The maximum absolute atomic E-state index is 12.3. The van der Waals surface area contributed by atoms with E-state index in [2.05, 4.69) is 6.07 Å². The largest absolute Gasteiger partial charge is 0.481 e. The number of amides is 1. The van der Waals surface area contributed by atoms with Crippen molar-refractivity contribution in [2.75, 3.05) is 7.05 Å². The molecule has 0 aliphatic heterocycles. The number of benzene rings is 1. The van der Waals surface area contributed by atoms with Gasteiger partial charge >= 0.3 is 5.97 Å². The quantitative estimate of drug-likeness (QED) is 0.918. The molecule has 0 bridgehead atoms. The lowest BCUT2D eigenvalue weighted by molar-refractivity contribution is -0.141. The van der Waals surface area contributed by atoms with Crippen LogP contribution in [0.3, 0.4) is 0 Å². The Kier molecular flexibility index (Phi) is 4.42. The Morgan fingerprint density at radius 1 is 1.30 bits per heavy atom. The van der Waals surface area contributed by atoms with Crippen LogP contribution in [0.5, 0.6) is 0 Å². The van der Waals surface area contributed by atoms with E-state index in [0.29, 0.717) is 25.8 Å². The van der Waals surface area contributed by atoms with Gasteiger partial charge in [0.15, 0.2) is 0 Å². The van der Waals surface area contributed by atoms with Gasteiger partial charge in [-0.3, -0.25) is 9.59 Å². The van der Waals surface area contributed by atoms with Crippen LogP contribution < -0.4 is 0 Å². The Morgan fingerprint density at radius 2 is 2.00 bits per heavy atom. The molecule has 1 aliphatic rings. The molecule has 2 rings (SSSR count). The third-order valence-electron chi connectivity index (χ3n) is 4.01. The molecule has 2 atom stereocenters. The highest BCUT2D eigenvalue weighted by Gasteiger charge is 2.35.